The van der Waals surface area contributed by atoms with Crippen LogP contribution in [0.4, 0.5) is 11.8 Å². The van der Waals surface area contributed by atoms with Gasteiger partial charge < -0.3 is 25.8 Å². The van der Waals surface area contributed by atoms with Crippen LogP contribution >= 0.6 is 0 Å². The zero-order valence-corrected chi connectivity index (χ0v) is 19.9. The van der Waals surface area contributed by atoms with Gasteiger partial charge in [-0.25, -0.2) is 4.98 Å². The van der Waals surface area contributed by atoms with Crippen LogP contribution < -0.4 is 16.8 Å². The van der Waals surface area contributed by atoms with Crippen LogP contribution in [0.1, 0.15) is 74.7 Å². The van der Waals surface area contributed by atoms with Crippen LogP contribution in [0.3, 0.4) is 0 Å². The first-order chi connectivity index (χ1) is 17.2. The summed E-state index contributed by atoms with van der Waals surface area (Å²) in [7, 11) is 0. The normalized spacial score (nSPS) is 21.1. The number of nitrogens with zero attached hydrogens (tertiary/aromatic N) is 5. The maximum absolute atomic E-state index is 6.36. The Labute approximate surface area is 204 Å². The van der Waals surface area contributed by atoms with Gasteiger partial charge in [-0.05, 0) is 55.9 Å². The summed E-state index contributed by atoms with van der Waals surface area (Å²) in [5.41, 5.74) is 16.0. The summed E-state index contributed by atoms with van der Waals surface area (Å²) in [4.78, 5) is 18.9. The van der Waals surface area contributed by atoms with Crippen LogP contribution in [-0.2, 0) is 6.54 Å². The van der Waals surface area contributed by atoms with Crippen LogP contribution in [-0.4, -0.2) is 30.5 Å². The molecule has 0 aliphatic heterocycles. The fourth-order valence-corrected chi connectivity index (χ4v) is 5.69. The van der Waals surface area contributed by atoms with E-state index in [0.717, 1.165) is 72.5 Å². The van der Waals surface area contributed by atoms with Crippen molar-refractivity contribution < 1.29 is 4.42 Å². The maximum Gasteiger partial charge on any atom is 0.224 e. The van der Waals surface area contributed by atoms with Gasteiger partial charge in [-0.3, -0.25) is 4.98 Å². The molecule has 0 saturated heterocycles. The van der Waals surface area contributed by atoms with Gasteiger partial charge in [0, 0.05) is 30.7 Å². The largest absolute Gasteiger partial charge is 0.463 e. The van der Waals surface area contributed by atoms with E-state index in [4.69, 9.17) is 20.9 Å². The van der Waals surface area contributed by atoms with E-state index in [1.165, 1.54) is 12.8 Å². The predicted octanol–water partition coefficient (Wildman–Crippen LogP) is 4.78. The van der Waals surface area contributed by atoms with Crippen LogP contribution in [0.15, 0.2) is 41.1 Å². The number of rotatable bonds is 6. The summed E-state index contributed by atoms with van der Waals surface area (Å²) >= 11 is 0. The molecule has 0 spiro atoms. The molecule has 5 N–H and O–H groups in total. The summed E-state index contributed by atoms with van der Waals surface area (Å²) < 4.78 is 7.80. The van der Waals surface area contributed by atoms with E-state index in [9.17, 15) is 0 Å². The van der Waals surface area contributed by atoms with Gasteiger partial charge in [-0.2, -0.15) is 9.97 Å². The zero-order chi connectivity index (χ0) is 23.8. The molecule has 9 nitrogen and oxygen atoms in total. The van der Waals surface area contributed by atoms with Crippen molar-refractivity contribution in [3.05, 3.63) is 48.1 Å². The molecule has 4 aromatic heterocycles. The lowest BCUT2D eigenvalue weighted by Crippen LogP contribution is -2.28. The number of nitrogens with one attached hydrogen (secondary N) is 1. The van der Waals surface area contributed by atoms with Crippen LogP contribution in [0.5, 0.6) is 0 Å². The third-order valence-electron chi connectivity index (χ3n) is 7.41. The minimum atomic E-state index is 0.232. The number of nitrogen functional groups attached to an aromatic ring is 1. The van der Waals surface area contributed by atoms with Crippen LogP contribution in [0, 0.1) is 0 Å². The molecule has 9 heteroatoms. The lowest BCUT2D eigenvalue weighted by molar-refractivity contribution is 0.364. The van der Waals surface area contributed by atoms with E-state index in [1.54, 1.807) is 6.26 Å². The zero-order valence-electron chi connectivity index (χ0n) is 19.9. The fraction of sp³-hybridized carbons (Fsp3) is 0.462. The van der Waals surface area contributed by atoms with Gasteiger partial charge in [-0.15, -0.1) is 0 Å². The minimum absolute atomic E-state index is 0.232. The van der Waals surface area contributed by atoms with Gasteiger partial charge in [0.05, 0.1) is 6.26 Å². The molecule has 2 fully saturated rings. The first-order valence-electron chi connectivity index (χ1n) is 12.7. The number of fused-ring (bicyclic) bond motifs is 1. The maximum atomic E-state index is 6.36. The van der Waals surface area contributed by atoms with Gasteiger partial charge in [0.2, 0.25) is 5.95 Å². The highest BCUT2D eigenvalue weighted by Gasteiger charge is 2.31. The molecule has 0 radical (unpaired) electrons. The third-order valence-corrected chi connectivity index (χ3v) is 7.41. The standard InChI is InChI=1S/C26H32N8O/c27-18-6-3-5-17(13-18)24-31-22-23(32-26(28)33-25(22)34(24)19-7-1-2-8-19)30-15-16-10-11-20(29-14-16)21-9-4-12-35-21/h4,9-12,14,17-19H,1-3,5-8,13,15,27H2,(H3,28,30,32,33). The Morgan fingerprint density at radius 1 is 1.03 bits per heavy atom. The predicted molar refractivity (Wildman–Crippen MR) is 136 cm³/mol. The molecule has 0 bridgehead atoms. The average molecular weight is 473 g/mol. The summed E-state index contributed by atoms with van der Waals surface area (Å²) in [5, 5.41) is 3.45. The Kier molecular flexibility index (Phi) is 5.85. The van der Waals surface area contributed by atoms with Gasteiger partial charge in [-0.1, -0.05) is 25.3 Å². The van der Waals surface area contributed by atoms with E-state index in [2.05, 4.69) is 24.8 Å². The number of imidazole rings is 1. The molecule has 2 saturated carbocycles. The van der Waals surface area contributed by atoms with E-state index in [1.807, 2.05) is 30.5 Å². The van der Waals surface area contributed by atoms with E-state index < -0.39 is 0 Å². The highest BCUT2D eigenvalue weighted by molar-refractivity contribution is 5.85. The highest BCUT2D eigenvalue weighted by Crippen LogP contribution is 2.40. The number of furan rings is 1. The van der Waals surface area contributed by atoms with Crippen LogP contribution in [0.25, 0.3) is 22.6 Å². The van der Waals surface area contributed by atoms with E-state index in [-0.39, 0.29) is 12.0 Å². The molecule has 4 aromatic rings. The highest BCUT2D eigenvalue weighted by atomic mass is 16.3. The van der Waals surface area contributed by atoms with E-state index in [0.29, 0.717) is 24.3 Å². The van der Waals surface area contributed by atoms with Crippen molar-refractivity contribution in [3.63, 3.8) is 0 Å². The van der Waals surface area contributed by atoms with Gasteiger partial charge in [0.15, 0.2) is 22.7 Å². The number of hydrogen-bond acceptors (Lipinski definition) is 8. The number of nitrogens with two attached hydrogens (primary N) is 2. The Hall–Kier alpha value is -3.46. The minimum Gasteiger partial charge on any atom is -0.463 e. The molecule has 35 heavy (non-hydrogen) atoms. The van der Waals surface area contributed by atoms with Crippen molar-refractivity contribution in [1.82, 2.24) is 24.5 Å². The lowest BCUT2D eigenvalue weighted by Gasteiger charge is -2.28. The summed E-state index contributed by atoms with van der Waals surface area (Å²) in [6, 6.07) is 8.39. The Balaban J connectivity index is 1.33. The molecule has 2 aliphatic carbocycles. The second kappa shape index (κ2) is 9.30. The van der Waals surface area contributed by atoms with Crippen molar-refractivity contribution in [2.24, 2.45) is 5.73 Å². The summed E-state index contributed by atoms with van der Waals surface area (Å²) in [6.45, 7) is 0.552. The number of hydrogen-bond donors (Lipinski definition) is 3. The molecule has 6 rings (SSSR count). The number of anilines is 2. The molecule has 2 aliphatic rings. The van der Waals surface area contributed by atoms with Crippen LogP contribution in [0.2, 0.25) is 0 Å². The Bertz CT molecular complexity index is 1290. The fourth-order valence-electron chi connectivity index (χ4n) is 5.69. The Morgan fingerprint density at radius 2 is 1.91 bits per heavy atom. The second-order valence-electron chi connectivity index (χ2n) is 9.89. The molecule has 4 heterocycles. The topological polar surface area (TPSA) is 134 Å². The molecular formula is C26H32N8O. The van der Waals surface area contributed by atoms with Crippen molar-refractivity contribution in [3.8, 4) is 11.5 Å². The van der Waals surface area contributed by atoms with Crippen molar-refractivity contribution in [1.29, 1.82) is 0 Å². The SMILES string of the molecule is Nc1nc(NCc2ccc(-c3ccco3)nc2)c2nc(C3CCCC(N)C3)n(C3CCCC3)c2n1. The number of aromatic nitrogens is 5. The molecule has 2 unspecified atom stereocenters. The van der Waals surface area contributed by atoms with E-state index >= 15 is 0 Å². The molecule has 0 amide bonds. The molecule has 0 aromatic carbocycles. The first kappa shape index (κ1) is 22.0. The van der Waals surface area contributed by atoms with Gasteiger partial charge >= 0.3 is 0 Å². The quantitative estimate of drug-likeness (QED) is 0.365. The third kappa shape index (κ3) is 4.36. The molecular weight excluding hydrogens is 440 g/mol. The van der Waals surface area contributed by atoms with Gasteiger partial charge in [0.1, 0.15) is 11.5 Å². The van der Waals surface area contributed by atoms with Crippen molar-refractivity contribution in [2.45, 2.75) is 75.9 Å². The number of pyridine rings is 1. The van der Waals surface area contributed by atoms with Crippen molar-refractivity contribution >= 4 is 22.9 Å². The van der Waals surface area contributed by atoms with Crippen molar-refractivity contribution in [2.75, 3.05) is 11.1 Å². The molecule has 2 atom stereocenters. The smallest absolute Gasteiger partial charge is 0.224 e. The monoisotopic (exact) mass is 472 g/mol. The second-order valence-corrected chi connectivity index (χ2v) is 9.89. The summed E-state index contributed by atoms with van der Waals surface area (Å²) in [6.07, 6.45) is 12.6. The Morgan fingerprint density at radius 3 is 2.66 bits per heavy atom. The average Bonchev–Trinajstić information content (AvgIpc) is 3.64. The summed E-state index contributed by atoms with van der Waals surface area (Å²) in [5.74, 6) is 3.13. The first-order valence-corrected chi connectivity index (χ1v) is 12.7. The lowest BCUT2D eigenvalue weighted by atomic mass is 9.85. The molecule has 182 valence electrons. The van der Waals surface area contributed by atoms with Gasteiger partial charge in [0.25, 0.3) is 0 Å².